The zero-order valence-electron chi connectivity index (χ0n) is 9.70. The summed E-state index contributed by atoms with van der Waals surface area (Å²) in [6.45, 7) is 1.87. The Kier molecular flexibility index (Phi) is 3.23. The van der Waals surface area contributed by atoms with E-state index in [4.69, 9.17) is 4.74 Å². The van der Waals surface area contributed by atoms with Gasteiger partial charge in [-0.15, -0.1) is 0 Å². The summed E-state index contributed by atoms with van der Waals surface area (Å²) in [5.74, 6) is 0.758. The lowest BCUT2D eigenvalue weighted by Crippen LogP contribution is -1.92. The Labute approximate surface area is 99.3 Å². The molecule has 17 heavy (non-hydrogen) atoms. The van der Waals surface area contributed by atoms with Crippen LogP contribution in [0.25, 0.3) is 0 Å². The zero-order chi connectivity index (χ0) is 12.3. The van der Waals surface area contributed by atoms with Gasteiger partial charge >= 0.3 is 0 Å². The monoisotopic (exact) mass is 232 g/mol. The van der Waals surface area contributed by atoms with E-state index >= 15 is 0 Å². The standard InChI is InChI=1S/C13H13FN2O/c1-9-3-4-10(14)5-13(9)17-12-6-11(15-2)7-16-8-12/h3-8,15H,1-2H3. The first-order chi connectivity index (χ1) is 8.19. The smallest absolute Gasteiger partial charge is 0.147 e. The van der Waals surface area contributed by atoms with Crippen molar-refractivity contribution < 1.29 is 9.13 Å². The summed E-state index contributed by atoms with van der Waals surface area (Å²) in [4.78, 5) is 4.02. The van der Waals surface area contributed by atoms with E-state index in [2.05, 4.69) is 10.3 Å². The third-order valence-electron chi connectivity index (χ3n) is 2.38. The Morgan fingerprint density at radius 3 is 2.82 bits per heavy atom. The summed E-state index contributed by atoms with van der Waals surface area (Å²) in [7, 11) is 1.80. The molecule has 1 aromatic heterocycles. The minimum absolute atomic E-state index is 0.316. The van der Waals surface area contributed by atoms with Crippen LogP contribution in [0.3, 0.4) is 0 Å². The number of hydrogen-bond acceptors (Lipinski definition) is 3. The molecule has 0 aliphatic heterocycles. The average Bonchev–Trinajstić information content (AvgIpc) is 2.34. The fourth-order valence-corrected chi connectivity index (χ4v) is 1.42. The average molecular weight is 232 g/mol. The van der Waals surface area contributed by atoms with Crippen LogP contribution >= 0.6 is 0 Å². The van der Waals surface area contributed by atoms with Gasteiger partial charge in [0.15, 0.2) is 0 Å². The van der Waals surface area contributed by atoms with Crippen LogP contribution in [0, 0.1) is 12.7 Å². The molecule has 0 spiro atoms. The van der Waals surface area contributed by atoms with Gasteiger partial charge in [-0.3, -0.25) is 4.98 Å². The highest BCUT2D eigenvalue weighted by atomic mass is 19.1. The van der Waals surface area contributed by atoms with Crippen LogP contribution in [0.4, 0.5) is 10.1 Å². The fraction of sp³-hybridized carbons (Fsp3) is 0.154. The van der Waals surface area contributed by atoms with Crippen molar-refractivity contribution >= 4 is 5.69 Å². The number of anilines is 1. The number of rotatable bonds is 3. The first kappa shape index (κ1) is 11.4. The highest BCUT2D eigenvalue weighted by molar-refractivity contribution is 5.46. The second kappa shape index (κ2) is 4.82. The highest BCUT2D eigenvalue weighted by Gasteiger charge is 2.04. The predicted octanol–water partition coefficient (Wildman–Crippen LogP) is 3.36. The molecule has 3 nitrogen and oxygen atoms in total. The molecule has 2 rings (SSSR count). The Bertz CT molecular complexity index is 529. The van der Waals surface area contributed by atoms with Crippen LogP contribution in [-0.2, 0) is 0 Å². The van der Waals surface area contributed by atoms with Crippen molar-refractivity contribution in [3.63, 3.8) is 0 Å². The molecule has 2 aromatic rings. The highest BCUT2D eigenvalue weighted by Crippen LogP contribution is 2.26. The maximum atomic E-state index is 13.1. The van der Waals surface area contributed by atoms with Crippen molar-refractivity contribution in [2.75, 3.05) is 12.4 Å². The van der Waals surface area contributed by atoms with Gasteiger partial charge in [0.2, 0.25) is 0 Å². The minimum atomic E-state index is -0.316. The van der Waals surface area contributed by atoms with Crippen molar-refractivity contribution in [1.82, 2.24) is 4.98 Å². The predicted molar refractivity (Wildman–Crippen MR) is 65.0 cm³/mol. The van der Waals surface area contributed by atoms with E-state index in [0.717, 1.165) is 11.3 Å². The van der Waals surface area contributed by atoms with Crippen molar-refractivity contribution in [2.24, 2.45) is 0 Å². The van der Waals surface area contributed by atoms with Crippen LogP contribution in [0.5, 0.6) is 11.5 Å². The molecule has 0 saturated heterocycles. The maximum absolute atomic E-state index is 13.1. The van der Waals surface area contributed by atoms with E-state index in [1.165, 1.54) is 12.1 Å². The number of pyridine rings is 1. The number of hydrogen-bond donors (Lipinski definition) is 1. The Morgan fingerprint density at radius 1 is 1.24 bits per heavy atom. The second-order valence-corrected chi connectivity index (χ2v) is 3.67. The number of ether oxygens (including phenoxy) is 1. The van der Waals surface area contributed by atoms with E-state index in [1.54, 1.807) is 31.6 Å². The van der Waals surface area contributed by atoms with Gasteiger partial charge in [0.05, 0.1) is 18.1 Å². The van der Waals surface area contributed by atoms with Gasteiger partial charge in [0.1, 0.15) is 17.3 Å². The van der Waals surface area contributed by atoms with Gasteiger partial charge in [-0.2, -0.15) is 0 Å². The summed E-state index contributed by atoms with van der Waals surface area (Å²) >= 11 is 0. The largest absolute Gasteiger partial charge is 0.455 e. The van der Waals surface area contributed by atoms with Gasteiger partial charge < -0.3 is 10.1 Å². The normalized spacial score (nSPS) is 10.1. The number of benzene rings is 1. The van der Waals surface area contributed by atoms with Gasteiger partial charge in [-0.25, -0.2) is 4.39 Å². The molecule has 88 valence electrons. The Balaban J connectivity index is 2.27. The van der Waals surface area contributed by atoms with E-state index in [0.29, 0.717) is 11.5 Å². The first-order valence-corrected chi connectivity index (χ1v) is 5.26. The van der Waals surface area contributed by atoms with Crippen LogP contribution in [-0.4, -0.2) is 12.0 Å². The van der Waals surface area contributed by atoms with Gasteiger partial charge in [-0.1, -0.05) is 6.07 Å². The molecule has 4 heteroatoms. The topological polar surface area (TPSA) is 34.2 Å². The van der Waals surface area contributed by atoms with E-state index < -0.39 is 0 Å². The number of aromatic nitrogens is 1. The van der Waals surface area contributed by atoms with Crippen molar-refractivity contribution in [2.45, 2.75) is 6.92 Å². The van der Waals surface area contributed by atoms with Crippen molar-refractivity contribution in [3.05, 3.63) is 48.0 Å². The SMILES string of the molecule is CNc1cncc(Oc2cc(F)ccc2C)c1. The number of nitrogens with zero attached hydrogens (tertiary/aromatic N) is 1. The molecule has 1 aromatic carbocycles. The molecule has 0 fully saturated rings. The molecule has 0 aliphatic rings. The Hall–Kier alpha value is -2.10. The lowest BCUT2D eigenvalue weighted by atomic mass is 10.2. The molecule has 0 radical (unpaired) electrons. The van der Waals surface area contributed by atoms with E-state index in [1.807, 2.05) is 6.92 Å². The van der Waals surface area contributed by atoms with Crippen molar-refractivity contribution in [1.29, 1.82) is 0 Å². The van der Waals surface area contributed by atoms with Crippen LogP contribution in [0.2, 0.25) is 0 Å². The molecular weight excluding hydrogens is 219 g/mol. The van der Waals surface area contributed by atoms with Crippen molar-refractivity contribution in [3.8, 4) is 11.5 Å². The second-order valence-electron chi connectivity index (χ2n) is 3.67. The molecule has 0 aliphatic carbocycles. The molecule has 0 bridgehead atoms. The fourth-order valence-electron chi connectivity index (χ4n) is 1.42. The lowest BCUT2D eigenvalue weighted by Gasteiger charge is -2.09. The lowest BCUT2D eigenvalue weighted by molar-refractivity contribution is 0.471. The summed E-state index contributed by atoms with van der Waals surface area (Å²) in [6.07, 6.45) is 3.27. The molecule has 1 N–H and O–H groups in total. The van der Waals surface area contributed by atoms with Crippen LogP contribution in [0.15, 0.2) is 36.7 Å². The number of aryl methyl sites for hydroxylation is 1. The van der Waals surface area contributed by atoms with Crippen LogP contribution < -0.4 is 10.1 Å². The van der Waals surface area contributed by atoms with Gasteiger partial charge in [0, 0.05) is 19.2 Å². The quantitative estimate of drug-likeness (QED) is 0.881. The van der Waals surface area contributed by atoms with E-state index in [9.17, 15) is 4.39 Å². The molecule has 1 heterocycles. The first-order valence-electron chi connectivity index (χ1n) is 5.26. The maximum Gasteiger partial charge on any atom is 0.147 e. The van der Waals surface area contributed by atoms with E-state index in [-0.39, 0.29) is 5.82 Å². The number of halogens is 1. The van der Waals surface area contributed by atoms with Gasteiger partial charge in [-0.05, 0) is 18.6 Å². The molecule has 0 amide bonds. The molecular formula is C13H13FN2O. The third-order valence-corrected chi connectivity index (χ3v) is 2.38. The zero-order valence-corrected chi connectivity index (χ0v) is 9.70. The molecule has 0 unspecified atom stereocenters. The van der Waals surface area contributed by atoms with Gasteiger partial charge in [0.25, 0.3) is 0 Å². The number of nitrogens with one attached hydrogen (secondary N) is 1. The summed E-state index contributed by atoms with van der Waals surface area (Å²) < 4.78 is 18.7. The molecule has 0 saturated carbocycles. The molecule has 0 atom stereocenters. The summed E-state index contributed by atoms with van der Waals surface area (Å²) in [6, 6.07) is 6.25. The minimum Gasteiger partial charge on any atom is -0.455 e. The summed E-state index contributed by atoms with van der Waals surface area (Å²) in [5, 5.41) is 2.96. The third kappa shape index (κ3) is 2.72. The Morgan fingerprint density at radius 2 is 2.06 bits per heavy atom. The summed E-state index contributed by atoms with van der Waals surface area (Å²) in [5.41, 5.74) is 1.72. The van der Waals surface area contributed by atoms with Crippen LogP contribution in [0.1, 0.15) is 5.56 Å².